The predicted octanol–water partition coefficient (Wildman–Crippen LogP) is 9.68. The molecule has 0 aromatic carbocycles. The van der Waals surface area contributed by atoms with Crippen LogP contribution in [-0.4, -0.2) is 68.6 Å². The van der Waals surface area contributed by atoms with Crippen molar-refractivity contribution in [3.8, 4) is 0 Å². The molecule has 0 radical (unpaired) electrons. The Labute approximate surface area is 306 Å². The first-order valence-corrected chi connectivity index (χ1v) is 20.4. The number of nitrogens with zero attached hydrogens (tertiary/aromatic N) is 2. The lowest BCUT2D eigenvalue weighted by atomic mass is 9.69. The highest BCUT2D eigenvalue weighted by Gasteiger charge is 2.52. The van der Waals surface area contributed by atoms with Crippen LogP contribution < -0.4 is 0 Å². The smallest absolute Gasteiger partial charge is 0.309 e. The fraction of sp³-hybridized carbons (Fsp3) is 0.952. The van der Waals surface area contributed by atoms with Gasteiger partial charge in [-0.15, -0.1) is 0 Å². The Morgan fingerprint density at radius 2 is 1.12 bits per heavy atom. The van der Waals surface area contributed by atoms with Gasteiger partial charge in [0, 0.05) is 48.3 Å². The van der Waals surface area contributed by atoms with Crippen LogP contribution in [-0.2, 0) is 28.7 Å². The van der Waals surface area contributed by atoms with Crippen molar-refractivity contribution in [2.45, 2.75) is 221 Å². The number of hydrogen-bond acceptors (Lipinski definition) is 8. The van der Waals surface area contributed by atoms with E-state index in [-0.39, 0.29) is 70.3 Å². The lowest BCUT2D eigenvalue weighted by molar-refractivity contribution is -0.322. The maximum Gasteiger partial charge on any atom is 0.309 e. The maximum absolute atomic E-state index is 13.5. The fourth-order valence-corrected chi connectivity index (χ4v) is 9.81. The molecule has 2 saturated heterocycles. The number of rotatable bonds is 10. The first-order valence-electron chi connectivity index (χ1n) is 20.4. The van der Waals surface area contributed by atoms with Crippen molar-refractivity contribution >= 4 is 11.9 Å². The molecule has 4 aliphatic rings. The second-order valence-corrected chi connectivity index (χ2v) is 20.1. The zero-order valence-corrected chi connectivity index (χ0v) is 34.6. The standard InChI is InChI=1S/C42H76N2O6/c1-27(2)36-23-34(24-40(10,11)43(36)50-39(7,8)9)47-37(45)32-19-15-30(16-20-32)31-17-21-33(22-18-31)38(46)48-35-25-41(12,13)44(49-29(5)6)42(14,26-35)28(3)4/h27-36H,15-26H2,1-14H3. The molecule has 0 bridgehead atoms. The number of ether oxygens (including phenoxy) is 2. The summed E-state index contributed by atoms with van der Waals surface area (Å²) in [6.07, 6.45) is 11.0. The normalized spacial score (nSPS) is 35.7. The molecule has 2 aliphatic heterocycles. The van der Waals surface area contributed by atoms with E-state index in [1.165, 1.54) is 0 Å². The van der Waals surface area contributed by atoms with Crippen LogP contribution in [0.3, 0.4) is 0 Å². The third-order valence-corrected chi connectivity index (χ3v) is 12.7. The van der Waals surface area contributed by atoms with Crippen molar-refractivity contribution in [2.75, 3.05) is 0 Å². The number of carbonyl (C=O) groups is 2. The molecular weight excluding hydrogens is 628 g/mol. The maximum atomic E-state index is 13.5. The van der Waals surface area contributed by atoms with Gasteiger partial charge in [0.2, 0.25) is 0 Å². The molecule has 4 fully saturated rings. The molecule has 0 aromatic rings. The molecule has 2 aliphatic carbocycles. The summed E-state index contributed by atoms with van der Waals surface area (Å²) in [5.41, 5.74) is -0.948. The summed E-state index contributed by atoms with van der Waals surface area (Å²) in [5.74, 6) is 2.01. The molecular formula is C42H76N2O6. The van der Waals surface area contributed by atoms with E-state index in [1.54, 1.807) is 0 Å². The predicted molar refractivity (Wildman–Crippen MR) is 200 cm³/mol. The van der Waals surface area contributed by atoms with Gasteiger partial charge >= 0.3 is 11.9 Å². The van der Waals surface area contributed by atoms with Gasteiger partial charge in [0.05, 0.1) is 23.5 Å². The van der Waals surface area contributed by atoms with Crippen molar-refractivity contribution < 1.29 is 28.7 Å². The molecule has 4 rings (SSSR count). The third-order valence-electron chi connectivity index (χ3n) is 12.7. The van der Waals surface area contributed by atoms with Crippen LogP contribution in [0.2, 0.25) is 0 Å². The molecule has 4 unspecified atom stereocenters. The van der Waals surface area contributed by atoms with Crippen LogP contribution in [0.4, 0.5) is 0 Å². The Hall–Kier alpha value is -1.22. The Bertz CT molecular complexity index is 1130. The van der Waals surface area contributed by atoms with Crippen LogP contribution in [0, 0.1) is 35.5 Å². The Morgan fingerprint density at radius 3 is 1.54 bits per heavy atom. The van der Waals surface area contributed by atoms with E-state index in [1.807, 2.05) is 0 Å². The molecule has 50 heavy (non-hydrogen) atoms. The van der Waals surface area contributed by atoms with E-state index in [0.717, 1.165) is 77.0 Å². The number of carbonyl (C=O) groups excluding carboxylic acids is 2. The lowest BCUT2D eigenvalue weighted by Crippen LogP contribution is -2.65. The van der Waals surface area contributed by atoms with E-state index < -0.39 is 0 Å². The van der Waals surface area contributed by atoms with Gasteiger partial charge in [-0.05, 0) is 144 Å². The topological polar surface area (TPSA) is 77.5 Å². The first-order chi connectivity index (χ1) is 23.0. The van der Waals surface area contributed by atoms with Crippen molar-refractivity contribution in [1.29, 1.82) is 0 Å². The monoisotopic (exact) mass is 705 g/mol. The molecule has 290 valence electrons. The summed E-state index contributed by atoms with van der Waals surface area (Å²) in [5, 5.41) is 4.40. The van der Waals surface area contributed by atoms with E-state index in [2.05, 4.69) is 107 Å². The number of esters is 2. The van der Waals surface area contributed by atoms with Crippen molar-refractivity contribution in [3.63, 3.8) is 0 Å². The molecule has 4 atom stereocenters. The average molecular weight is 705 g/mol. The summed E-state index contributed by atoms with van der Waals surface area (Å²) in [4.78, 5) is 39.8. The van der Waals surface area contributed by atoms with Crippen molar-refractivity contribution in [1.82, 2.24) is 10.1 Å². The highest BCUT2D eigenvalue weighted by atomic mass is 16.7. The summed E-state index contributed by atoms with van der Waals surface area (Å²) in [6.45, 7) is 30.5. The first kappa shape index (κ1) is 41.5. The van der Waals surface area contributed by atoms with Crippen LogP contribution in [0.1, 0.15) is 174 Å². The Kier molecular flexibility index (Phi) is 13.3. The molecule has 2 saturated carbocycles. The molecule has 8 nitrogen and oxygen atoms in total. The van der Waals surface area contributed by atoms with Gasteiger partial charge in [0.25, 0.3) is 0 Å². The van der Waals surface area contributed by atoms with Crippen molar-refractivity contribution in [2.24, 2.45) is 35.5 Å². The number of hydroxylamine groups is 4. The van der Waals surface area contributed by atoms with Gasteiger partial charge in [-0.3, -0.25) is 19.3 Å². The third kappa shape index (κ3) is 10.0. The zero-order valence-electron chi connectivity index (χ0n) is 34.6. The van der Waals surface area contributed by atoms with E-state index in [4.69, 9.17) is 19.1 Å². The van der Waals surface area contributed by atoms with Crippen LogP contribution in [0.5, 0.6) is 0 Å². The SMILES string of the molecule is CC(C)ON1C(C)(C)CC(OC(=O)C2CCC(C3CCC(C(=O)OC4CC(C(C)C)N(OC(C)(C)C)C(C)(C)C4)CC3)CC2)CC1(C)C(C)C. The number of piperidine rings is 2. The van der Waals surface area contributed by atoms with Gasteiger partial charge in [-0.25, -0.2) is 0 Å². The van der Waals surface area contributed by atoms with Crippen LogP contribution >= 0.6 is 0 Å². The van der Waals surface area contributed by atoms with E-state index in [0.29, 0.717) is 23.7 Å². The Morgan fingerprint density at radius 1 is 0.660 bits per heavy atom. The van der Waals surface area contributed by atoms with Gasteiger partial charge in [0.15, 0.2) is 0 Å². The summed E-state index contributed by atoms with van der Waals surface area (Å²) in [7, 11) is 0. The van der Waals surface area contributed by atoms with Crippen LogP contribution in [0.15, 0.2) is 0 Å². The molecule has 0 aromatic heterocycles. The minimum absolute atomic E-state index is 0.000152. The zero-order chi connectivity index (χ0) is 37.4. The highest BCUT2D eigenvalue weighted by molar-refractivity contribution is 5.73. The van der Waals surface area contributed by atoms with E-state index >= 15 is 0 Å². The largest absolute Gasteiger partial charge is 0.462 e. The summed E-state index contributed by atoms with van der Waals surface area (Å²) < 4.78 is 12.6. The Balaban J connectivity index is 1.24. The molecule has 8 heteroatoms. The molecule has 0 N–H and O–H groups in total. The second-order valence-electron chi connectivity index (χ2n) is 20.1. The summed E-state index contributed by atoms with van der Waals surface area (Å²) >= 11 is 0. The summed E-state index contributed by atoms with van der Waals surface area (Å²) in [6, 6.07) is 0.198. The highest BCUT2D eigenvalue weighted by Crippen LogP contribution is 2.46. The van der Waals surface area contributed by atoms with Gasteiger partial charge in [-0.1, -0.05) is 27.7 Å². The van der Waals surface area contributed by atoms with Gasteiger partial charge in [-0.2, -0.15) is 10.1 Å². The second kappa shape index (κ2) is 16.0. The average Bonchev–Trinajstić information content (AvgIpc) is 2.99. The van der Waals surface area contributed by atoms with Gasteiger partial charge in [0.1, 0.15) is 12.2 Å². The fourth-order valence-electron chi connectivity index (χ4n) is 9.81. The van der Waals surface area contributed by atoms with Gasteiger partial charge < -0.3 is 9.47 Å². The van der Waals surface area contributed by atoms with Crippen molar-refractivity contribution in [3.05, 3.63) is 0 Å². The molecule has 0 spiro atoms. The minimum Gasteiger partial charge on any atom is -0.462 e. The quantitative estimate of drug-likeness (QED) is 0.208. The van der Waals surface area contributed by atoms with E-state index in [9.17, 15) is 9.59 Å². The molecule has 0 amide bonds. The minimum atomic E-state index is -0.274. The molecule has 2 heterocycles. The lowest BCUT2D eigenvalue weighted by Gasteiger charge is -2.57. The number of hydrogen-bond donors (Lipinski definition) is 0. The van der Waals surface area contributed by atoms with Crippen LogP contribution in [0.25, 0.3) is 0 Å².